The van der Waals surface area contributed by atoms with Crippen molar-refractivity contribution in [2.75, 3.05) is 0 Å². The van der Waals surface area contributed by atoms with E-state index in [1.54, 1.807) is 0 Å². The van der Waals surface area contributed by atoms with Crippen molar-refractivity contribution in [1.29, 1.82) is 0 Å². The van der Waals surface area contributed by atoms with Crippen LogP contribution in [0, 0.1) is 5.92 Å². The Labute approximate surface area is 115 Å². The third-order valence-corrected chi connectivity index (χ3v) is 3.68. The minimum atomic E-state index is -4.77. The molecule has 1 aromatic carbocycles. The van der Waals surface area contributed by atoms with E-state index in [2.05, 4.69) is 0 Å². The van der Waals surface area contributed by atoms with Crippen LogP contribution in [0.1, 0.15) is 5.56 Å². The van der Waals surface area contributed by atoms with Crippen LogP contribution < -0.4 is 4.74 Å². The third kappa shape index (κ3) is 2.60. The largest absolute Gasteiger partial charge is 0.481 e. The van der Waals surface area contributed by atoms with Gasteiger partial charge in [0, 0.05) is 5.56 Å². The summed E-state index contributed by atoms with van der Waals surface area (Å²) in [6.07, 6.45) is -7.55. The number of halogens is 5. The van der Waals surface area contributed by atoms with Gasteiger partial charge in [0.25, 0.3) is 0 Å². The Bertz CT molecular complexity index is 531. The van der Waals surface area contributed by atoms with Gasteiger partial charge >= 0.3 is 12.1 Å². The summed E-state index contributed by atoms with van der Waals surface area (Å²) in [7, 11) is 0. The Balaban J connectivity index is 2.48. The minimum Gasteiger partial charge on any atom is -0.481 e. The molecular formula is C11H7Cl2F3O3. The molecule has 0 aliphatic carbocycles. The summed E-state index contributed by atoms with van der Waals surface area (Å²) in [4.78, 5) is 11.0. The van der Waals surface area contributed by atoms with Crippen LogP contribution in [-0.2, 0) is 11.2 Å². The molecule has 1 aliphatic heterocycles. The molecule has 0 unspecified atom stereocenters. The van der Waals surface area contributed by atoms with E-state index in [9.17, 15) is 18.0 Å². The number of alkyl halides is 3. The van der Waals surface area contributed by atoms with Gasteiger partial charge in [0.1, 0.15) is 11.7 Å². The molecule has 0 radical (unpaired) electrons. The maximum absolute atomic E-state index is 12.8. The zero-order valence-electron chi connectivity index (χ0n) is 9.17. The number of benzene rings is 1. The Hall–Kier alpha value is -1.14. The first-order chi connectivity index (χ1) is 8.71. The fraction of sp³-hybridized carbons (Fsp3) is 0.364. The number of hydrogen-bond donors (Lipinski definition) is 1. The van der Waals surface area contributed by atoms with Crippen molar-refractivity contribution in [2.24, 2.45) is 5.92 Å². The second kappa shape index (κ2) is 4.76. The summed E-state index contributed by atoms with van der Waals surface area (Å²) in [6.45, 7) is 0. The minimum absolute atomic E-state index is 0.0195. The zero-order chi connectivity index (χ0) is 14.4. The van der Waals surface area contributed by atoms with Crippen molar-refractivity contribution in [3.8, 4) is 5.75 Å². The highest BCUT2D eigenvalue weighted by Gasteiger charge is 2.52. The Kier molecular flexibility index (Phi) is 3.57. The lowest BCUT2D eigenvalue weighted by Crippen LogP contribution is -2.47. The molecule has 2 rings (SSSR count). The molecule has 0 amide bonds. The number of rotatable bonds is 1. The summed E-state index contributed by atoms with van der Waals surface area (Å²) in [5.41, 5.74) is 0.182. The van der Waals surface area contributed by atoms with Gasteiger partial charge in [-0.2, -0.15) is 13.2 Å². The smallest absolute Gasteiger partial charge is 0.426 e. The molecule has 3 nitrogen and oxygen atoms in total. The first kappa shape index (κ1) is 14.3. The molecular weight excluding hydrogens is 308 g/mol. The van der Waals surface area contributed by atoms with Gasteiger partial charge in [0.2, 0.25) is 6.10 Å². The predicted octanol–water partition coefficient (Wildman–Crippen LogP) is 3.56. The fourth-order valence-electron chi connectivity index (χ4n) is 1.93. The standard InChI is InChI=1S/C11H7Cl2F3O3/c12-6-1-2-7-4(8(6)13)3-5(10(17)18)9(19-7)11(14,15)16/h1-2,5,9H,3H2,(H,17,18)/t5-,9+/m1/s1. The van der Waals surface area contributed by atoms with Crippen LogP contribution in [0.3, 0.4) is 0 Å². The lowest BCUT2D eigenvalue weighted by Gasteiger charge is -2.32. The van der Waals surface area contributed by atoms with Gasteiger partial charge in [0.05, 0.1) is 10.0 Å². The van der Waals surface area contributed by atoms with E-state index in [1.807, 2.05) is 0 Å². The lowest BCUT2D eigenvalue weighted by molar-refractivity contribution is -0.217. The summed E-state index contributed by atoms with van der Waals surface area (Å²) in [5.74, 6) is -3.43. The molecule has 8 heteroatoms. The van der Waals surface area contributed by atoms with Crippen molar-refractivity contribution >= 4 is 29.2 Å². The number of fused-ring (bicyclic) bond motifs is 1. The van der Waals surface area contributed by atoms with E-state index in [4.69, 9.17) is 33.0 Å². The maximum Gasteiger partial charge on any atom is 0.426 e. The number of hydrogen-bond acceptors (Lipinski definition) is 2. The molecule has 19 heavy (non-hydrogen) atoms. The van der Waals surface area contributed by atoms with E-state index in [0.29, 0.717) is 0 Å². The first-order valence-corrected chi connectivity index (χ1v) is 5.90. The SMILES string of the molecule is O=C(O)[C@@H]1Cc2c(ccc(Cl)c2Cl)O[C@@H]1C(F)(F)F. The number of ether oxygens (including phenoxy) is 1. The van der Waals surface area contributed by atoms with Crippen molar-refractivity contribution in [1.82, 2.24) is 0 Å². The molecule has 1 aromatic rings. The molecule has 1 aliphatic rings. The number of carboxylic acid groups (broad SMARTS) is 1. The second-order valence-corrected chi connectivity index (χ2v) is 4.85. The van der Waals surface area contributed by atoms with Crippen LogP contribution in [-0.4, -0.2) is 23.4 Å². The van der Waals surface area contributed by atoms with E-state index in [-0.39, 0.29) is 27.8 Å². The highest BCUT2D eigenvalue weighted by Crippen LogP contribution is 2.43. The highest BCUT2D eigenvalue weighted by atomic mass is 35.5. The van der Waals surface area contributed by atoms with Crippen molar-refractivity contribution < 1.29 is 27.8 Å². The molecule has 0 saturated carbocycles. The monoisotopic (exact) mass is 314 g/mol. The normalized spacial score (nSPS) is 22.6. The molecule has 0 saturated heterocycles. The van der Waals surface area contributed by atoms with Crippen LogP contribution in [0.25, 0.3) is 0 Å². The van der Waals surface area contributed by atoms with Gasteiger partial charge < -0.3 is 9.84 Å². The molecule has 0 fully saturated rings. The van der Waals surface area contributed by atoms with E-state index < -0.39 is 24.2 Å². The van der Waals surface area contributed by atoms with Crippen molar-refractivity contribution in [3.05, 3.63) is 27.7 Å². The molecule has 104 valence electrons. The molecule has 0 aromatic heterocycles. The summed E-state index contributed by atoms with van der Waals surface area (Å²) < 4.78 is 43.1. The predicted molar refractivity (Wildman–Crippen MR) is 61.8 cm³/mol. The quantitative estimate of drug-likeness (QED) is 0.862. The number of aliphatic carboxylic acids is 1. The molecule has 0 bridgehead atoms. The van der Waals surface area contributed by atoms with Gasteiger partial charge in [0.15, 0.2) is 0 Å². The van der Waals surface area contributed by atoms with Crippen LogP contribution in [0.5, 0.6) is 5.75 Å². The average Bonchev–Trinajstić information content (AvgIpc) is 2.31. The van der Waals surface area contributed by atoms with E-state index >= 15 is 0 Å². The first-order valence-electron chi connectivity index (χ1n) is 5.15. The second-order valence-electron chi connectivity index (χ2n) is 4.07. The summed E-state index contributed by atoms with van der Waals surface area (Å²) in [5, 5.41) is 9.06. The summed E-state index contributed by atoms with van der Waals surface area (Å²) in [6, 6.07) is 2.55. The van der Waals surface area contributed by atoms with Gasteiger partial charge in [-0.1, -0.05) is 23.2 Å². The highest BCUT2D eigenvalue weighted by molar-refractivity contribution is 6.42. The number of carbonyl (C=O) groups is 1. The van der Waals surface area contributed by atoms with Crippen molar-refractivity contribution in [2.45, 2.75) is 18.7 Å². The Morgan fingerprint density at radius 2 is 2.00 bits per heavy atom. The lowest BCUT2D eigenvalue weighted by atomic mass is 9.90. The Morgan fingerprint density at radius 3 is 2.53 bits per heavy atom. The van der Waals surface area contributed by atoms with Crippen LogP contribution in [0.4, 0.5) is 13.2 Å². The van der Waals surface area contributed by atoms with Crippen LogP contribution >= 0.6 is 23.2 Å². The van der Waals surface area contributed by atoms with Gasteiger partial charge in [-0.05, 0) is 18.6 Å². The van der Waals surface area contributed by atoms with Gasteiger partial charge in [-0.3, -0.25) is 4.79 Å². The third-order valence-electron chi connectivity index (χ3n) is 2.84. The summed E-state index contributed by atoms with van der Waals surface area (Å²) >= 11 is 11.6. The number of carboxylic acids is 1. The molecule has 1 heterocycles. The average molecular weight is 315 g/mol. The Morgan fingerprint density at radius 1 is 1.37 bits per heavy atom. The van der Waals surface area contributed by atoms with Crippen molar-refractivity contribution in [3.63, 3.8) is 0 Å². The van der Waals surface area contributed by atoms with E-state index in [1.165, 1.54) is 12.1 Å². The van der Waals surface area contributed by atoms with Gasteiger partial charge in [-0.25, -0.2) is 0 Å². The zero-order valence-corrected chi connectivity index (χ0v) is 10.7. The molecule has 1 N–H and O–H groups in total. The maximum atomic E-state index is 12.8. The molecule has 2 atom stereocenters. The molecule has 0 spiro atoms. The van der Waals surface area contributed by atoms with E-state index in [0.717, 1.165) is 0 Å². The van der Waals surface area contributed by atoms with Crippen LogP contribution in [0.15, 0.2) is 12.1 Å². The van der Waals surface area contributed by atoms with Gasteiger partial charge in [-0.15, -0.1) is 0 Å². The van der Waals surface area contributed by atoms with Crippen LogP contribution in [0.2, 0.25) is 10.0 Å². The fourth-order valence-corrected chi connectivity index (χ4v) is 2.34. The topological polar surface area (TPSA) is 46.5 Å².